The Labute approximate surface area is 125 Å². The molecule has 0 aliphatic heterocycles. The van der Waals surface area contributed by atoms with Crippen molar-refractivity contribution < 1.29 is 8.42 Å². The van der Waals surface area contributed by atoms with Gasteiger partial charge in [-0.25, -0.2) is 8.42 Å². The molecule has 0 saturated heterocycles. The monoisotopic (exact) mass is 308 g/mol. The second-order valence-corrected chi connectivity index (χ2v) is 7.47. The minimum atomic E-state index is -3.66. The maximum atomic E-state index is 12.3. The number of sulfonamides is 1. The third kappa shape index (κ3) is 3.60. The van der Waals surface area contributed by atoms with Crippen LogP contribution in [-0.2, 0) is 22.0 Å². The van der Waals surface area contributed by atoms with Crippen molar-refractivity contribution >= 4 is 15.8 Å². The molecule has 6 nitrogen and oxygen atoms in total. The van der Waals surface area contributed by atoms with Crippen LogP contribution in [-0.4, -0.2) is 23.2 Å². The second kappa shape index (κ2) is 5.48. The molecule has 114 valence electrons. The average molecular weight is 308 g/mol. The molecule has 0 aliphatic rings. The summed E-state index contributed by atoms with van der Waals surface area (Å²) in [6, 6.07) is 4.92. The molecular formula is C14H20N4O2S. The van der Waals surface area contributed by atoms with Crippen LogP contribution in [0.25, 0.3) is 0 Å². The van der Waals surface area contributed by atoms with E-state index in [0.29, 0.717) is 12.4 Å². The molecule has 2 heterocycles. The first-order chi connectivity index (χ1) is 9.72. The van der Waals surface area contributed by atoms with E-state index in [9.17, 15) is 8.42 Å². The van der Waals surface area contributed by atoms with Crippen LogP contribution in [0.15, 0.2) is 35.5 Å². The summed E-state index contributed by atoms with van der Waals surface area (Å²) in [5.74, 6) is 0.303. The van der Waals surface area contributed by atoms with E-state index in [0.717, 1.165) is 5.69 Å². The quantitative estimate of drug-likeness (QED) is 0.941. The largest absolute Gasteiger partial charge is 0.271 e. The first-order valence-electron chi connectivity index (χ1n) is 6.75. The Bertz CT molecular complexity index is 712. The number of rotatable bonds is 4. The molecular weight excluding hydrogens is 288 g/mol. The summed E-state index contributed by atoms with van der Waals surface area (Å²) in [5.41, 5.74) is 0.729. The summed E-state index contributed by atoms with van der Waals surface area (Å²) in [7, 11) is -3.66. The van der Waals surface area contributed by atoms with Crippen molar-refractivity contribution in [2.24, 2.45) is 0 Å². The fourth-order valence-corrected chi connectivity index (χ4v) is 2.71. The van der Waals surface area contributed by atoms with Gasteiger partial charge in [0.2, 0.25) is 0 Å². The molecule has 0 aromatic carbocycles. The van der Waals surface area contributed by atoms with Gasteiger partial charge >= 0.3 is 0 Å². The van der Waals surface area contributed by atoms with E-state index in [1.807, 2.05) is 27.7 Å². The summed E-state index contributed by atoms with van der Waals surface area (Å²) in [5, 5.41) is 4.10. The van der Waals surface area contributed by atoms with E-state index in [1.165, 1.54) is 6.20 Å². The van der Waals surface area contributed by atoms with Crippen LogP contribution < -0.4 is 4.72 Å². The number of hydrogen-bond acceptors (Lipinski definition) is 4. The molecule has 0 fully saturated rings. The van der Waals surface area contributed by atoms with Crippen LogP contribution in [0.2, 0.25) is 0 Å². The van der Waals surface area contributed by atoms with Gasteiger partial charge in [0, 0.05) is 36.1 Å². The first kappa shape index (κ1) is 15.5. The van der Waals surface area contributed by atoms with Gasteiger partial charge in [-0.3, -0.25) is 14.4 Å². The normalized spacial score (nSPS) is 12.4. The van der Waals surface area contributed by atoms with Gasteiger partial charge in [0.15, 0.2) is 5.82 Å². The van der Waals surface area contributed by atoms with Crippen molar-refractivity contribution in [1.29, 1.82) is 0 Å². The number of aryl methyl sites for hydroxylation is 1. The highest BCUT2D eigenvalue weighted by Crippen LogP contribution is 2.21. The Morgan fingerprint density at radius 2 is 1.95 bits per heavy atom. The fourth-order valence-electron chi connectivity index (χ4n) is 1.77. The van der Waals surface area contributed by atoms with Gasteiger partial charge in [0.1, 0.15) is 4.90 Å². The third-order valence-corrected chi connectivity index (χ3v) is 4.36. The van der Waals surface area contributed by atoms with E-state index < -0.39 is 10.0 Å². The van der Waals surface area contributed by atoms with Gasteiger partial charge in [-0.1, -0.05) is 20.8 Å². The summed E-state index contributed by atoms with van der Waals surface area (Å²) < 4.78 is 28.6. The molecule has 0 saturated carbocycles. The van der Waals surface area contributed by atoms with Crippen molar-refractivity contribution in [1.82, 2.24) is 14.8 Å². The number of aromatic nitrogens is 3. The van der Waals surface area contributed by atoms with Crippen LogP contribution in [0.1, 0.15) is 33.4 Å². The van der Waals surface area contributed by atoms with Gasteiger partial charge in [-0.15, -0.1) is 0 Å². The number of nitrogens with zero attached hydrogens (tertiary/aromatic N) is 3. The number of pyridine rings is 1. The lowest BCUT2D eigenvalue weighted by molar-refractivity contribution is 0.566. The molecule has 1 N–H and O–H groups in total. The SMILES string of the molecule is CCn1ccc(NS(=O)(=O)c2ccc(C(C)(C)C)nc2)n1. The third-order valence-electron chi connectivity index (χ3n) is 3.02. The predicted octanol–water partition coefficient (Wildman–Crippen LogP) is 2.40. The van der Waals surface area contributed by atoms with Gasteiger partial charge in [-0.2, -0.15) is 5.10 Å². The van der Waals surface area contributed by atoms with Gasteiger partial charge in [0.25, 0.3) is 10.0 Å². The van der Waals surface area contributed by atoms with E-state index in [1.54, 1.807) is 29.1 Å². The first-order valence-corrected chi connectivity index (χ1v) is 8.23. The summed E-state index contributed by atoms with van der Waals surface area (Å²) in [6.45, 7) is 8.70. The molecule has 21 heavy (non-hydrogen) atoms. The summed E-state index contributed by atoms with van der Waals surface area (Å²) in [6.07, 6.45) is 3.10. The number of nitrogens with one attached hydrogen (secondary N) is 1. The van der Waals surface area contributed by atoms with Crippen LogP contribution in [0.5, 0.6) is 0 Å². The van der Waals surface area contributed by atoms with Crippen molar-refractivity contribution in [3.05, 3.63) is 36.3 Å². The Balaban J connectivity index is 2.23. The van der Waals surface area contributed by atoms with E-state index >= 15 is 0 Å². The maximum absolute atomic E-state index is 12.3. The van der Waals surface area contributed by atoms with Crippen molar-refractivity contribution in [3.63, 3.8) is 0 Å². The van der Waals surface area contributed by atoms with E-state index in [-0.39, 0.29) is 10.3 Å². The molecule has 2 rings (SSSR count). The average Bonchev–Trinajstić information content (AvgIpc) is 2.85. The molecule has 0 aliphatic carbocycles. The molecule has 2 aromatic heterocycles. The fraction of sp³-hybridized carbons (Fsp3) is 0.429. The summed E-state index contributed by atoms with van der Waals surface area (Å²) >= 11 is 0. The number of anilines is 1. The van der Waals surface area contributed by atoms with Crippen LogP contribution >= 0.6 is 0 Å². The molecule has 0 atom stereocenters. The van der Waals surface area contributed by atoms with Gasteiger partial charge in [0.05, 0.1) is 0 Å². The topological polar surface area (TPSA) is 76.9 Å². The van der Waals surface area contributed by atoms with Crippen molar-refractivity contribution in [3.8, 4) is 0 Å². The molecule has 2 aromatic rings. The Morgan fingerprint density at radius 3 is 2.43 bits per heavy atom. The highest BCUT2D eigenvalue weighted by atomic mass is 32.2. The molecule has 7 heteroatoms. The van der Waals surface area contributed by atoms with Crippen molar-refractivity contribution in [2.75, 3.05) is 4.72 Å². The minimum Gasteiger partial charge on any atom is -0.271 e. The summed E-state index contributed by atoms with van der Waals surface area (Å²) in [4.78, 5) is 4.36. The molecule has 0 radical (unpaired) electrons. The van der Waals surface area contributed by atoms with Crippen LogP contribution in [0.3, 0.4) is 0 Å². The lowest BCUT2D eigenvalue weighted by Crippen LogP contribution is -2.17. The molecule has 0 amide bonds. The molecule has 0 spiro atoms. The predicted molar refractivity (Wildman–Crippen MR) is 81.6 cm³/mol. The van der Waals surface area contributed by atoms with Crippen LogP contribution in [0.4, 0.5) is 5.82 Å². The Morgan fingerprint density at radius 1 is 1.24 bits per heavy atom. The Kier molecular flexibility index (Phi) is 4.04. The van der Waals surface area contributed by atoms with Crippen LogP contribution in [0, 0.1) is 0 Å². The number of hydrogen-bond donors (Lipinski definition) is 1. The standard InChI is InChI=1S/C14H20N4O2S/c1-5-18-9-8-13(16-18)17-21(19,20)11-6-7-12(15-10-11)14(2,3)4/h6-10H,5H2,1-4H3,(H,16,17). The minimum absolute atomic E-state index is 0.115. The zero-order chi connectivity index (χ0) is 15.7. The van der Waals surface area contributed by atoms with Gasteiger partial charge < -0.3 is 0 Å². The Hall–Kier alpha value is -1.89. The molecule has 0 bridgehead atoms. The zero-order valence-electron chi connectivity index (χ0n) is 12.7. The highest BCUT2D eigenvalue weighted by Gasteiger charge is 2.19. The van der Waals surface area contributed by atoms with E-state index in [2.05, 4.69) is 14.8 Å². The second-order valence-electron chi connectivity index (χ2n) is 5.79. The lowest BCUT2D eigenvalue weighted by Gasteiger charge is -2.17. The lowest BCUT2D eigenvalue weighted by atomic mass is 9.92. The molecule has 0 unspecified atom stereocenters. The maximum Gasteiger partial charge on any atom is 0.264 e. The smallest absolute Gasteiger partial charge is 0.264 e. The zero-order valence-corrected chi connectivity index (χ0v) is 13.5. The highest BCUT2D eigenvalue weighted by molar-refractivity contribution is 7.92. The van der Waals surface area contributed by atoms with Gasteiger partial charge in [-0.05, 0) is 19.1 Å². The van der Waals surface area contributed by atoms with E-state index in [4.69, 9.17) is 0 Å². The van der Waals surface area contributed by atoms with Crippen molar-refractivity contribution in [2.45, 2.75) is 44.6 Å².